The number of hydrogen-bond donors (Lipinski definition) is 1. The highest BCUT2D eigenvalue weighted by Gasteiger charge is 2.49. The van der Waals surface area contributed by atoms with Crippen LogP contribution in [0.1, 0.15) is 25.7 Å². The number of nitrogens with zero attached hydrogens (tertiary/aromatic N) is 1. The van der Waals surface area contributed by atoms with Crippen molar-refractivity contribution in [3.05, 3.63) is 28.2 Å². The van der Waals surface area contributed by atoms with Gasteiger partial charge < -0.3 is 10.2 Å². The molecule has 0 spiro atoms. The standard InChI is InChI=1S/C16H18Cl2N2O2/c17-10-4-5-14(13(18)8-10)19-15(21)11-9-12(11)16(22)20-6-2-1-3-7-20/h4-5,8,11-12H,1-3,6-7,9H2,(H,19,21). The molecular weight excluding hydrogens is 323 g/mol. The minimum atomic E-state index is -0.235. The Kier molecular flexibility index (Phi) is 4.59. The minimum absolute atomic E-state index is 0.127. The lowest BCUT2D eigenvalue weighted by Crippen LogP contribution is -2.37. The summed E-state index contributed by atoms with van der Waals surface area (Å²) in [6.45, 7) is 1.65. The number of benzene rings is 1. The summed E-state index contributed by atoms with van der Waals surface area (Å²) < 4.78 is 0. The minimum Gasteiger partial charge on any atom is -0.342 e. The Hall–Kier alpha value is -1.26. The van der Waals surface area contributed by atoms with E-state index in [2.05, 4.69) is 5.32 Å². The molecule has 0 aromatic heterocycles. The molecule has 2 amide bonds. The van der Waals surface area contributed by atoms with Crippen LogP contribution in [0.2, 0.25) is 10.0 Å². The summed E-state index contributed by atoms with van der Waals surface area (Å²) >= 11 is 11.9. The van der Waals surface area contributed by atoms with Crippen LogP contribution in [0.4, 0.5) is 5.69 Å². The number of carbonyl (C=O) groups is 2. The molecule has 1 N–H and O–H groups in total. The number of carbonyl (C=O) groups excluding carboxylic acids is 2. The highest BCUT2D eigenvalue weighted by molar-refractivity contribution is 6.36. The Balaban J connectivity index is 1.57. The third-order valence-electron chi connectivity index (χ3n) is 4.30. The van der Waals surface area contributed by atoms with Crippen LogP contribution in [0.5, 0.6) is 0 Å². The second-order valence-electron chi connectivity index (χ2n) is 5.95. The Morgan fingerprint density at radius 2 is 1.82 bits per heavy atom. The maximum atomic E-state index is 12.3. The van der Waals surface area contributed by atoms with Gasteiger partial charge in [0.2, 0.25) is 11.8 Å². The first-order valence-corrected chi connectivity index (χ1v) is 8.36. The fraction of sp³-hybridized carbons (Fsp3) is 0.500. The average Bonchev–Trinajstić information content (AvgIpc) is 3.31. The average molecular weight is 341 g/mol. The molecule has 22 heavy (non-hydrogen) atoms. The molecule has 3 rings (SSSR count). The normalized spacial score (nSPS) is 24.0. The summed E-state index contributed by atoms with van der Waals surface area (Å²) in [6, 6.07) is 4.93. The van der Waals surface area contributed by atoms with Crippen LogP contribution in [0.15, 0.2) is 18.2 Å². The van der Waals surface area contributed by atoms with Crippen molar-refractivity contribution in [2.75, 3.05) is 18.4 Å². The molecule has 2 atom stereocenters. The molecular formula is C16H18Cl2N2O2. The van der Waals surface area contributed by atoms with Gasteiger partial charge in [0.15, 0.2) is 0 Å². The fourth-order valence-electron chi connectivity index (χ4n) is 2.92. The number of rotatable bonds is 3. The topological polar surface area (TPSA) is 49.4 Å². The van der Waals surface area contributed by atoms with Crippen molar-refractivity contribution in [1.82, 2.24) is 4.90 Å². The maximum absolute atomic E-state index is 12.3. The van der Waals surface area contributed by atoms with Gasteiger partial charge in [-0.15, -0.1) is 0 Å². The SMILES string of the molecule is O=C(Nc1ccc(Cl)cc1Cl)C1CC1C(=O)N1CCCCC1. The van der Waals surface area contributed by atoms with Gasteiger partial charge in [0, 0.05) is 18.1 Å². The lowest BCUT2D eigenvalue weighted by molar-refractivity contribution is -0.134. The summed E-state index contributed by atoms with van der Waals surface area (Å²) in [7, 11) is 0. The first-order chi connectivity index (χ1) is 10.6. The zero-order valence-electron chi connectivity index (χ0n) is 12.1. The Labute approximate surface area is 139 Å². The lowest BCUT2D eigenvalue weighted by atomic mass is 10.1. The molecule has 4 nitrogen and oxygen atoms in total. The van der Waals surface area contributed by atoms with Crippen LogP contribution >= 0.6 is 23.2 Å². The van der Waals surface area contributed by atoms with Crippen LogP contribution in [0.25, 0.3) is 0 Å². The second-order valence-corrected chi connectivity index (χ2v) is 6.79. The molecule has 1 aromatic rings. The Bertz CT molecular complexity index is 600. The number of nitrogens with one attached hydrogen (secondary N) is 1. The molecule has 2 aliphatic rings. The van der Waals surface area contributed by atoms with Crippen molar-refractivity contribution in [3.63, 3.8) is 0 Å². The molecule has 118 valence electrons. The summed E-state index contributed by atoms with van der Waals surface area (Å²) in [5.74, 6) is -0.410. The van der Waals surface area contributed by atoms with Crippen molar-refractivity contribution in [3.8, 4) is 0 Å². The van der Waals surface area contributed by atoms with Gasteiger partial charge in [-0.25, -0.2) is 0 Å². The molecule has 1 heterocycles. The summed E-state index contributed by atoms with van der Waals surface area (Å²) in [5, 5.41) is 3.71. The number of amides is 2. The van der Waals surface area contributed by atoms with Gasteiger partial charge in [-0.05, 0) is 43.9 Å². The molecule has 1 aliphatic heterocycles. The number of piperidine rings is 1. The molecule has 1 saturated carbocycles. The molecule has 2 unspecified atom stereocenters. The van der Waals surface area contributed by atoms with E-state index >= 15 is 0 Å². The van der Waals surface area contributed by atoms with Crippen molar-refractivity contribution in [2.24, 2.45) is 11.8 Å². The first-order valence-electron chi connectivity index (χ1n) is 7.61. The van der Waals surface area contributed by atoms with E-state index in [1.165, 1.54) is 6.42 Å². The van der Waals surface area contributed by atoms with Crippen LogP contribution in [0, 0.1) is 11.8 Å². The number of anilines is 1. The van der Waals surface area contributed by atoms with E-state index in [1.807, 2.05) is 4.90 Å². The fourth-order valence-corrected chi connectivity index (χ4v) is 3.38. The van der Waals surface area contributed by atoms with Gasteiger partial charge in [-0.1, -0.05) is 23.2 Å². The van der Waals surface area contributed by atoms with Gasteiger partial charge in [0.1, 0.15) is 0 Å². The van der Waals surface area contributed by atoms with Crippen molar-refractivity contribution < 1.29 is 9.59 Å². The van der Waals surface area contributed by atoms with Crippen LogP contribution in [0.3, 0.4) is 0 Å². The monoisotopic (exact) mass is 340 g/mol. The van der Waals surface area contributed by atoms with Gasteiger partial charge in [0.05, 0.1) is 22.5 Å². The van der Waals surface area contributed by atoms with E-state index in [-0.39, 0.29) is 23.7 Å². The van der Waals surface area contributed by atoms with Crippen molar-refractivity contribution >= 4 is 40.7 Å². The number of halogens is 2. The predicted octanol–water partition coefficient (Wildman–Crippen LogP) is 3.58. The summed E-state index contributed by atoms with van der Waals surface area (Å²) in [4.78, 5) is 26.5. The quantitative estimate of drug-likeness (QED) is 0.914. The van der Waals surface area contributed by atoms with Gasteiger partial charge in [-0.3, -0.25) is 9.59 Å². The maximum Gasteiger partial charge on any atom is 0.228 e. The third kappa shape index (κ3) is 3.39. The summed E-state index contributed by atoms with van der Waals surface area (Å²) in [5.41, 5.74) is 0.534. The smallest absolute Gasteiger partial charge is 0.228 e. The van der Waals surface area contributed by atoms with Crippen molar-refractivity contribution in [2.45, 2.75) is 25.7 Å². The lowest BCUT2D eigenvalue weighted by Gasteiger charge is -2.26. The largest absolute Gasteiger partial charge is 0.342 e. The van der Waals surface area contributed by atoms with Crippen LogP contribution in [-0.2, 0) is 9.59 Å². The first kappa shape index (κ1) is 15.6. The zero-order chi connectivity index (χ0) is 15.7. The summed E-state index contributed by atoms with van der Waals surface area (Å²) in [6.07, 6.45) is 3.95. The van der Waals surface area contributed by atoms with Gasteiger partial charge in [-0.2, -0.15) is 0 Å². The molecule has 1 aliphatic carbocycles. The Morgan fingerprint density at radius 1 is 1.09 bits per heavy atom. The van der Waals surface area contributed by atoms with E-state index in [4.69, 9.17) is 23.2 Å². The van der Waals surface area contributed by atoms with E-state index in [0.717, 1.165) is 25.9 Å². The number of hydrogen-bond acceptors (Lipinski definition) is 2. The van der Waals surface area contributed by atoms with Crippen molar-refractivity contribution in [1.29, 1.82) is 0 Å². The molecule has 1 aromatic carbocycles. The molecule has 0 bridgehead atoms. The third-order valence-corrected chi connectivity index (χ3v) is 4.85. The van der Waals surface area contributed by atoms with E-state index in [1.54, 1.807) is 18.2 Å². The highest BCUT2D eigenvalue weighted by atomic mass is 35.5. The van der Waals surface area contributed by atoms with E-state index in [9.17, 15) is 9.59 Å². The van der Waals surface area contributed by atoms with Crippen LogP contribution in [-0.4, -0.2) is 29.8 Å². The molecule has 2 fully saturated rings. The molecule has 1 saturated heterocycles. The predicted molar refractivity (Wildman–Crippen MR) is 87.1 cm³/mol. The second kappa shape index (κ2) is 6.47. The molecule has 6 heteroatoms. The Morgan fingerprint density at radius 3 is 2.50 bits per heavy atom. The number of likely N-dealkylation sites (tertiary alicyclic amines) is 1. The van der Waals surface area contributed by atoms with Gasteiger partial charge in [0.25, 0.3) is 0 Å². The highest BCUT2D eigenvalue weighted by Crippen LogP contribution is 2.41. The van der Waals surface area contributed by atoms with Crippen LogP contribution < -0.4 is 5.32 Å². The molecule has 0 radical (unpaired) electrons. The van der Waals surface area contributed by atoms with E-state index < -0.39 is 0 Å². The van der Waals surface area contributed by atoms with E-state index in [0.29, 0.717) is 22.2 Å². The zero-order valence-corrected chi connectivity index (χ0v) is 13.7. The van der Waals surface area contributed by atoms with Gasteiger partial charge >= 0.3 is 0 Å².